The normalized spacial score (nSPS) is 18.5. The third kappa shape index (κ3) is 7.50. The molecule has 4 heterocycles. The average molecular weight is 742 g/mol. The molecule has 11 nitrogen and oxygen atoms in total. The zero-order chi connectivity index (χ0) is 38.4. The first-order chi connectivity index (χ1) is 26.4. The molecule has 0 radical (unpaired) electrons. The predicted octanol–water partition coefficient (Wildman–Crippen LogP) is 9.52. The lowest BCUT2D eigenvalue weighted by Crippen LogP contribution is -2.46. The maximum atomic E-state index is 12.9. The van der Waals surface area contributed by atoms with Gasteiger partial charge in [0.1, 0.15) is 17.2 Å². The second-order valence-electron chi connectivity index (χ2n) is 16.4. The van der Waals surface area contributed by atoms with Gasteiger partial charge in [-0.1, -0.05) is 56.3 Å². The Morgan fingerprint density at radius 3 is 2.27 bits per heavy atom. The fraction of sp³-hybridized carbons (Fsp3) is 0.409. The third-order valence-electron chi connectivity index (χ3n) is 11.2. The number of amides is 2. The summed E-state index contributed by atoms with van der Waals surface area (Å²) in [6.45, 7) is 12.3. The van der Waals surface area contributed by atoms with Crippen LogP contribution in [0.3, 0.4) is 0 Å². The summed E-state index contributed by atoms with van der Waals surface area (Å²) in [5, 5.41) is 7.58. The number of H-pyrrole nitrogens is 2. The van der Waals surface area contributed by atoms with Gasteiger partial charge in [-0.15, -0.1) is 0 Å². The predicted molar refractivity (Wildman–Crippen MR) is 217 cm³/mol. The number of likely N-dealkylation sites (tertiary alicyclic amines) is 2. The van der Waals surface area contributed by atoms with E-state index in [-0.39, 0.29) is 30.1 Å². The van der Waals surface area contributed by atoms with Gasteiger partial charge >= 0.3 is 12.2 Å². The monoisotopic (exact) mass is 741 g/mol. The molecule has 2 aliphatic heterocycles. The number of nitrogens with zero attached hydrogens (tertiary/aromatic N) is 4. The quantitative estimate of drug-likeness (QED) is 0.142. The Morgan fingerprint density at radius 1 is 0.855 bits per heavy atom. The molecule has 3 N–H and O–H groups in total. The third-order valence-corrected chi connectivity index (χ3v) is 11.2. The van der Waals surface area contributed by atoms with Crippen molar-refractivity contribution < 1.29 is 19.1 Å². The minimum atomic E-state index is -0.542. The number of methoxy groups -OCH3 is 1. The van der Waals surface area contributed by atoms with E-state index in [9.17, 15) is 9.59 Å². The van der Waals surface area contributed by atoms with Gasteiger partial charge in [-0.25, -0.2) is 19.6 Å². The van der Waals surface area contributed by atoms with Crippen molar-refractivity contribution in [3.8, 4) is 22.4 Å². The molecule has 2 fully saturated rings. The van der Waals surface area contributed by atoms with Crippen molar-refractivity contribution in [3.63, 3.8) is 0 Å². The average Bonchev–Trinajstić information content (AvgIpc) is 3.99. The molecule has 0 spiro atoms. The minimum Gasteiger partial charge on any atom is -0.453 e. The number of ether oxygens (including phenoxy) is 2. The first-order valence-corrected chi connectivity index (χ1v) is 19.5. The smallest absolute Gasteiger partial charge is 0.410 e. The molecular weight excluding hydrogens is 691 g/mol. The summed E-state index contributed by atoms with van der Waals surface area (Å²) in [5.74, 6) is 2.04. The Hall–Kier alpha value is -5.42. The maximum absolute atomic E-state index is 12.9. The molecule has 3 unspecified atom stereocenters. The molecule has 0 bridgehead atoms. The van der Waals surface area contributed by atoms with E-state index in [1.54, 1.807) is 4.90 Å². The van der Waals surface area contributed by atoms with E-state index in [1.807, 2.05) is 27.0 Å². The number of rotatable bonds is 8. The first-order valence-electron chi connectivity index (χ1n) is 19.5. The SMILES string of the molecule is COC(=O)NC(CN1CCCC1c1nc2c(ccc3cc(-c4ccc5cc(-c6cnc(C7CCCN7C(=O)OC(C)(C)C)[nH]6)ccc5c4)ccc32)[nH]1)C(C)C. The molecule has 2 amide bonds. The van der Waals surface area contributed by atoms with Gasteiger partial charge in [0, 0.05) is 30.1 Å². The van der Waals surface area contributed by atoms with Gasteiger partial charge in [0.25, 0.3) is 0 Å². The van der Waals surface area contributed by atoms with Crippen molar-refractivity contribution in [3.05, 3.63) is 84.6 Å². The zero-order valence-electron chi connectivity index (χ0n) is 32.6. The van der Waals surface area contributed by atoms with Crippen LogP contribution in [0.2, 0.25) is 0 Å². The van der Waals surface area contributed by atoms with Crippen LogP contribution in [0.25, 0.3) is 55.0 Å². The number of benzene rings is 4. The van der Waals surface area contributed by atoms with Gasteiger partial charge in [-0.2, -0.15) is 0 Å². The molecule has 11 heteroatoms. The van der Waals surface area contributed by atoms with Crippen LogP contribution in [-0.4, -0.2) is 80.3 Å². The number of nitrogens with one attached hydrogen (secondary N) is 3. The van der Waals surface area contributed by atoms with Crippen molar-refractivity contribution >= 4 is 44.8 Å². The number of aromatic nitrogens is 4. The number of hydrogen-bond acceptors (Lipinski definition) is 7. The number of carbonyl (C=O) groups is 2. The Kier molecular flexibility index (Phi) is 9.75. The second-order valence-corrected chi connectivity index (χ2v) is 16.4. The van der Waals surface area contributed by atoms with Crippen LogP contribution >= 0.6 is 0 Å². The van der Waals surface area contributed by atoms with Gasteiger partial charge in [-0.05, 0) is 110 Å². The molecule has 0 saturated carbocycles. The summed E-state index contributed by atoms with van der Waals surface area (Å²) in [7, 11) is 1.41. The summed E-state index contributed by atoms with van der Waals surface area (Å²) in [5.41, 5.74) is 5.75. The van der Waals surface area contributed by atoms with Gasteiger partial charge in [0.2, 0.25) is 0 Å². The van der Waals surface area contributed by atoms with Gasteiger partial charge < -0.3 is 24.8 Å². The highest BCUT2D eigenvalue weighted by Crippen LogP contribution is 2.37. The Balaban J connectivity index is 1.00. The lowest BCUT2D eigenvalue weighted by atomic mass is 9.97. The fourth-order valence-electron chi connectivity index (χ4n) is 8.23. The van der Waals surface area contributed by atoms with Crippen LogP contribution in [0.5, 0.6) is 0 Å². The van der Waals surface area contributed by atoms with Gasteiger partial charge in [0.05, 0.1) is 42.1 Å². The van der Waals surface area contributed by atoms with E-state index in [1.165, 1.54) is 7.11 Å². The van der Waals surface area contributed by atoms with Crippen LogP contribution in [0.15, 0.2) is 72.9 Å². The van der Waals surface area contributed by atoms with Crippen LogP contribution in [0.4, 0.5) is 9.59 Å². The topological polar surface area (TPSA) is 128 Å². The van der Waals surface area contributed by atoms with E-state index < -0.39 is 11.7 Å². The van der Waals surface area contributed by atoms with E-state index in [0.29, 0.717) is 6.54 Å². The Bertz CT molecular complexity index is 2370. The van der Waals surface area contributed by atoms with Crippen molar-refractivity contribution in [1.82, 2.24) is 35.1 Å². The molecule has 6 aromatic rings. The molecule has 55 heavy (non-hydrogen) atoms. The van der Waals surface area contributed by atoms with Crippen LogP contribution < -0.4 is 5.32 Å². The van der Waals surface area contributed by atoms with Crippen molar-refractivity contribution in [2.45, 2.75) is 84.0 Å². The van der Waals surface area contributed by atoms with Crippen molar-refractivity contribution in [2.75, 3.05) is 26.7 Å². The maximum Gasteiger partial charge on any atom is 0.410 e. The fourth-order valence-corrected chi connectivity index (χ4v) is 8.23. The summed E-state index contributed by atoms with van der Waals surface area (Å²) >= 11 is 0. The van der Waals surface area contributed by atoms with Gasteiger partial charge in [0.15, 0.2) is 0 Å². The lowest BCUT2D eigenvalue weighted by molar-refractivity contribution is 0.0218. The van der Waals surface area contributed by atoms with E-state index in [2.05, 4.69) is 101 Å². The molecule has 3 atom stereocenters. The van der Waals surface area contributed by atoms with E-state index in [4.69, 9.17) is 19.4 Å². The molecule has 2 saturated heterocycles. The molecule has 2 aromatic heterocycles. The first kappa shape index (κ1) is 36.6. The molecule has 8 rings (SSSR count). The minimum absolute atomic E-state index is 0.0138. The Labute approximate surface area is 321 Å². The summed E-state index contributed by atoms with van der Waals surface area (Å²) in [6.07, 6.45) is 5.06. The highest BCUT2D eigenvalue weighted by atomic mass is 16.6. The van der Waals surface area contributed by atoms with Crippen LogP contribution in [-0.2, 0) is 9.47 Å². The highest BCUT2D eigenvalue weighted by Gasteiger charge is 2.35. The standard InChI is InChI=1S/C44H51N7O4/c1-26(2)36(48-42(52)54-6)25-50-19-7-9-37(50)41-46-34-18-16-31-22-30(15-17-33(31)39(34)49-41)27-11-12-29-23-32(14-13-28(29)21-27)35-24-45-40(47-35)38-10-8-20-51(38)43(53)55-44(3,4)5/h11-18,21-24,26,36-38H,7-10,19-20,25H2,1-6H3,(H,45,47)(H,46,49)(H,48,52). The largest absolute Gasteiger partial charge is 0.453 e. The number of fused-ring (bicyclic) bond motifs is 4. The molecular formula is C44H51N7O4. The highest BCUT2D eigenvalue weighted by molar-refractivity contribution is 6.05. The Morgan fingerprint density at radius 2 is 1.53 bits per heavy atom. The zero-order valence-corrected chi connectivity index (χ0v) is 32.6. The van der Waals surface area contributed by atoms with Crippen LogP contribution in [0, 0.1) is 5.92 Å². The number of imidazole rings is 2. The van der Waals surface area contributed by atoms with E-state index >= 15 is 0 Å². The number of hydrogen-bond donors (Lipinski definition) is 3. The molecule has 286 valence electrons. The van der Waals surface area contributed by atoms with E-state index in [0.717, 1.165) is 105 Å². The van der Waals surface area contributed by atoms with Gasteiger partial charge in [-0.3, -0.25) is 9.80 Å². The number of alkyl carbamates (subject to hydrolysis) is 1. The van der Waals surface area contributed by atoms with Crippen molar-refractivity contribution in [2.24, 2.45) is 5.92 Å². The number of carbonyl (C=O) groups excluding carboxylic acids is 2. The molecule has 4 aromatic carbocycles. The summed E-state index contributed by atoms with van der Waals surface area (Å²) in [6, 6.07) is 24.1. The number of aromatic amines is 2. The molecule has 0 aliphatic carbocycles. The summed E-state index contributed by atoms with van der Waals surface area (Å²) < 4.78 is 10.6. The summed E-state index contributed by atoms with van der Waals surface area (Å²) in [4.78, 5) is 46.2. The lowest BCUT2D eigenvalue weighted by Gasteiger charge is -2.30. The van der Waals surface area contributed by atoms with Crippen LogP contribution in [0.1, 0.15) is 84.0 Å². The molecule has 2 aliphatic rings. The van der Waals surface area contributed by atoms with Crippen molar-refractivity contribution in [1.29, 1.82) is 0 Å². The second kappa shape index (κ2) is 14.7.